The summed E-state index contributed by atoms with van der Waals surface area (Å²) >= 11 is 0. The molecular formula is C23H30FN5O. The summed E-state index contributed by atoms with van der Waals surface area (Å²) in [5.74, 6) is 2.17. The highest BCUT2D eigenvalue weighted by molar-refractivity contribution is 6.02. The highest BCUT2D eigenvalue weighted by Gasteiger charge is 2.40. The van der Waals surface area contributed by atoms with Crippen LogP contribution in [0, 0.1) is 11.8 Å². The Hall–Kier alpha value is -2.41. The van der Waals surface area contributed by atoms with Crippen LogP contribution in [0.3, 0.4) is 0 Å². The van der Waals surface area contributed by atoms with Crippen LogP contribution in [0.25, 0.3) is 0 Å². The van der Waals surface area contributed by atoms with E-state index in [1.54, 1.807) is 4.90 Å². The lowest BCUT2D eigenvalue weighted by Crippen LogP contribution is -2.50. The summed E-state index contributed by atoms with van der Waals surface area (Å²) < 4.78 is 13.5. The Kier molecular flexibility index (Phi) is 5.23. The number of hydrogen-bond donors (Lipinski definition) is 1. The second kappa shape index (κ2) is 8.02. The van der Waals surface area contributed by atoms with Gasteiger partial charge in [-0.15, -0.1) is 0 Å². The Morgan fingerprint density at radius 3 is 2.67 bits per heavy atom. The van der Waals surface area contributed by atoms with Crippen molar-refractivity contribution in [3.63, 3.8) is 0 Å². The molecule has 5 rings (SSSR count). The molecule has 3 aliphatic heterocycles. The van der Waals surface area contributed by atoms with Crippen molar-refractivity contribution in [1.82, 2.24) is 20.0 Å². The van der Waals surface area contributed by atoms with Gasteiger partial charge in [-0.1, -0.05) is 37.3 Å². The van der Waals surface area contributed by atoms with Crippen LogP contribution in [0.5, 0.6) is 0 Å². The van der Waals surface area contributed by atoms with Gasteiger partial charge in [-0.2, -0.15) is 0 Å². The molecule has 4 aliphatic rings. The smallest absolute Gasteiger partial charge is 0.329 e. The quantitative estimate of drug-likeness (QED) is 0.825. The Balaban J connectivity index is 1.28. The summed E-state index contributed by atoms with van der Waals surface area (Å²) in [5, 5.41) is 3.06. The second-order valence-corrected chi connectivity index (χ2v) is 9.17. The molecule has 160 valence electrons. The van der Waals surface area contributed by atoms with E-state index < -0.39 is 6.17 Å². The molecule has 0 radical (unpaired) electrons. The van der Waals surface area contributed by atoms with E-state index in [1.165, 1.54) is 5.56 Å². The number of fused-ring (bicyclic) bond motifs is 1. The number of nitrogens with one attached hydrogen (secondary N) is 1. The van der Waals surface area contributed by atoms with Gasteiger partial charge in [0, 0.05) is 37.8 Å². The van der Waals surface area contributed by atoms with Gasteiger partial charge in [-0.25, -0.2) is 14.2 Å². The van der Waals surface area contributed by atoms with Gasteiger partial charge >= 0.3 is 6.03 Å². The van der Waals surface area contributed by atoms with E-state index in [9.17, 15) is 9.18 Å². The van der Waals surface area contributed by atoms with E-state index in [0.717, 1.165) is 44.1 Å². The highest BCUT2D eigenvalue weighted by Crippen LogP contribution is 2.32. The maximum Gasteiger partial charge on any atom is 0.329 e. The van der Waals surface area contributed by atoms with Crippen LogP contribution in [0.1, 0.15) is 38.2 Å². The topological polar surface area (TPSA) is 51.2 Å². The maximum absolute atomic E-state index is 13.5. The summed E-state index contributed by atoms with van der Waals surface area (Å²) in [4.78, 5) is 24.0. The van der Waals surface area contributed by atoms with Crippen LogP contribution in [0.4, 0.5) is 9.18 Å². The predicted molar refractivity (Wildman–Crippen MR) is 114 cm³/mol. The van der Waals surface area contributed by atoms with Gasteiger partial charge in [-0.05, 0) is 37.2 Å². The molecule has 2 atom stereocenters. The molecule has 1 aliphatic carbocycles. The van der Waals surface area contributed by atoms with Crippen molar-refractivity contribution in [2.45, 2.75) is 51.4 Å². The number of carbonyl (C=O) groups is 1. The summed E-state index contributed by atoms with van der Waals surface area (Å²) in [6, 6.07) is 10.7. The maximum atomic E-state index is 13.5. The Bertz CT molecular complexity index is 848. The first-order valence-electron chi connectivity index (χ1n) is 11.1. The Morgan fingerprint density at radius 2 is 1.90 bits per heavy atom. The number of hydrogen-bond acceptors (Lipinski definition) is 4. The molecule has 1 saturated heterocycles. The van der Waals surface area contributed by atoms with Gasteiger partial charge in [0.1, 0.15) is 18.7 Å². The van der Waals surface area contributed by atoms with Gasteiger partial charge in [0.15, 0.2) is 5.82 Å². The van der Waals surface area contributed by atoms with Crippen LogP contribution in [-0.2, 0) is 6.54 Å². The van der Waals surface area contributed by atoms with Crippen molar-refractivity contribution >= 4 is 11.9 Å². The molecule has 7 heteroatoms. The minimum absolute atomic E-state index is 0.0957. The monoisotopic (exact) mass is 411 g/mol. The number of carbonyl (C=O) groups excluding carboxylic acids is 1. The Morgan fingerprint density at radius 1 is 1.13 bits per heavy atom. The number of amidine groups is 1. The van der Waals surface area contributed by atoms with Crippen molar-refractivity contribution in [3.8, 4) is 0 Å². The molecule has 1 aromatic rings. The largest absolute Gasteiger partial charge is 0.353 e. The molecule has 2 fully saturated rings. The van der Waals surface area contributed by atoms with Crippen molar-refractivity contribution in [2.75, 3.05) is 19.8 Å². The third-order valence-corrected chi connectivity index (χ3v) is 6.96. The number of rotatable bonds is 4. The number of aliphatic imine (C=N–C) groups is 1. The van der Waals surface area contributed by atoms with E-state index in [2.05, 4.69) is 46.3 Å². The van der Waals surface area contributed by atoms with Gasteiger partial charge in [0.2, 0.25) is 0 Å². The average Bonchev–Trinajstić information content (AvgIpc) is 3.33. The molecule has 6 nitrogen and oxygen atoms in total. The number of nitrogens with zero attached hydrogens (tertiary/aromatic N) is 4. The SMILES string of the molecule is CC1CN(Cc2ccccc2)CC1C1=NC2=CN(C3CCC(F)CC3)CN2C(=O)N1. The molecular weight excluding hydrogens is 381 g/mol. The minimum atomic E-state index is -0.672. The fourth-order valence-corrected chi connectivity index (χ4v) is 5.24. The third kappa shape index (κ3) is 3.83. The lowest BCUT2D eigenvalue weighted by molar-refractivity contribution is 0.138. The van der Waals surface area contributed by atoms with E-state index >= 15 is 0 Å². The molecule has 0 aromatic heterocycles. The van der Waals surface area contributed by atoms with Crippen LogP contribution >= 0.6 is 0 Å². The predicted octanol–water partition coefficient (Wildman–Crippen LogP) is 3.53. The zero-order chi connectivity index (χ0) is 20.7. The molecule has 2 amide bonds. The van der Waals surface area contributed by atoms with Gasteiger partial charge in [0.25, 0.3) is 0 Å². The highest BCUT2D eigenvalue weighted by atomic mass is 19.1. The zero-order valence-electron chi connectivity index (χ0n) is 17.5. The normalized spacial score (nSPS) is 32.0. The molecule has 1 saturated carbocycles. The zero-order valence-corrected chi connectivity index (χ0v) is 17.5. The molecule has 2 unspecified atom stereocenters. The number of alkyl halides is 1. The summed E-state index contributed by atoms with van der Waals surface area (Å²) in [7, 11) is 0. The van der Waals surface area contributed by atoms with Crippen LogP contribution < -0.4 is 5.32 Å². The fraction of sp³-hybridized carbons (Fsp3) is 0.565. The van der Waals surface area contributed by atoms with Crippen molar-refractivity contribution in [2.24, 2.45) is 16.8 Å². The lowest BCUT2D eigenvalue weighted by atomic mass is 9.93. The van der Waals surface area contributed by atoms with E-state index in [-0.39, 0.29) is 11.9 Å². The molecule has 1 N–H and O–H groups in total. The first-order valence-corrected chi connectivity index (χ1v) is 11.1. The summed E-state index contributed by atoms with van der Waals surface area (Å²) in [6.07, 6.45) is 4.23. The Labute approximate surface area is 177 Å². The number of benzene rings is 1. The summed E-state index contributed by atoms with van der Waals surface area (Å²) in [5.41, 5.74) is 1.31. The van der Waals surface area contributed by atoms with Crippen molar-refractivity contribution in [3.05, 3.63) is 47.9 Å². The summed E-state index contributed by atoms with van der Waals surface area (Å²) in [6.45, 7) is 5.56. The number of amides is 2. The van der Waals surface area contributed by atoms with Crippen molar-refractivity contribution in [1.29, 1.82) is 0 Å². The molecule has 0 bridgehead atoms. The average molecular weight is 412 g/mol. The van der Waals surface area contributed by atoms with E-state index in [1.807, 2.05) is 12.3 Å². The fourth-order valence-electron chi connectivity index (χ4n) is 5.24. The van der Waals surface area contributed by atoms with E-state index in [4.69, 9.17) is 4.99 Å². The lowest BCUT2D eigenvalue weighted by Gasteiger charge is -2.33. The second-order valence-electron chi connectivity index (χ2n) is 9.17. The third-order valence-electron chi connectivity index (χ3n) is 6.96. The number of urea groups is 1. The first kappa shape index (κ1) is 19.5. The standard InChI is InChI=1S/C23H30FN5O/c1-16-11-27(12-17-5-3-2-4-6-17)13-20(16)22-25-21-14-28(15-29(21)23(30)26-22)19-9-7-18(24)8-10-19/h2-6,14,16,18-20H,7-13,15H2,1H3,(H,25,26,30). The molecule has 30 heavy (non-hydrogen) atoms. The molecule has 1 aromatic carbocycles. The first-order chi connectivity index (χ1) is 14.6. The number of likely N-dealkylation sites (tertiary alicyclic amines) is 1. The minimum Gasteiger partial charge on any atom is -0.353 e. The van der Waals surface area contributed by atoms with Gasteiger partial charge in [-0.3, -0.25) is 15.1 Å². The molecule has 3 heterocycles. The van der Waals surface area contributed by atoms with Crippen LogP contribution in [-0.4, -0.2) is 58.5 Å². The van der Waals surface area contributed by atoms with E-state index in [0.29, 0.717) is 31.5 Å². The van der Waals surface area contributed by atoms with Gasteiger partial charge < -0.3 is 4.90 Å². The van der Waals surface area contributed by atoms with Crippen LogP contribution in [0.15, 0.2) is 47.3 Å². The van der Waals surface area contributed by atoms with Crippen molar-refractivity contribution < 1.29 is 9.18 Å². The molecule has 0 spiro atoms. The van der Waals surface area contributed by atoms with Gasteiger partial charge in [0.05, 0.1) is 0 Å². The van der Waals surface area contributed by atoms with Crippen LogP contribution in [0.2, 0.25) is 0 Å². The number of halogens is 1.